The van der Waals surface area contributed by atoms with Crippen LogP contribution in [0, 0.1) is 13.8 Å². The third kappa shape index (κ3) is 2.72. The first-order valence-corrected chi connectivity index (χ1v) is 7.14. The summed E-state index contributed by atoms with van der Waals surface area (Å²) in [6, 6.07) is 0. The van der Waals surface area contributed by atoms with Gasteiger partial charge >= 0.3 is 0 Å². The zero-order valence-electron chi connectivity index (χ0n) is 12.4. The molecule has 0 saturated carbocycles. The van der Waals surface area contributed by atoms with Crippen LogP contribution in [-0.4, -0.2) is 37.7 Å². The third-order valence-electron chi connectivity index (χ3n) is 3.92. The normalized spacial score (nSPS) is 15.9. The molecule has 0 fully saturated rings. The van der Waals surface area contributed by atoms with E-state index < -0.39 is 0 Å². The fourth-order valence-corrected chi connectivity index (χ4v) is 2.95. The molecule has 0 bridgehead atoms. The van der Waals surface area contributed by atoms with Crippen molar-refractivity contribution in [2.75, 3.05) is 13.1 Å². The molecule has 0 spiro atoms. The monoisotopic (exact) mass is 271 g/mol. The summed E-state index contributed by atoms with van der Waals surface area (Å²) in [6.07, 6.45) is 6.10. The minimum absolute atomic E-state index is 0.891. The van der Waals surface area contributed by atoms with Crippen molar-refractivity contribution in [3.63, 3.8) is 0 Å². The molecule has 2 aromatic rings. The maximum absolute atomic E-state index is 4.63. The van der Waals surface area contributed by atoms with E-state index in [1.807, 2.05) is 24.9 Å². The van der Waals surface area contributed by atoms with Crippen molar-refractivity contribution in [3.05, 3.63) is 40.7 Å². The molecule has 1 aliphatic rings. The van der Waals surface area contributed by atoms with Crippen LogP contribution in [0.25, 0.3) is 0 Å². The van der Waals surface area contributed by atoms with E-state index in [4.69, 9.17) is 0 Å². The van der Waals surface area contributed by atoms with Gasteiger partial charge in [0.25, 0.3) is 0 Å². The predicted octanol–water partition coefficient (Wildman–Crippen LogP) is 1.43. The number of aromatic nitrogens is 4. The maximum atomic E-state index is 4.63. The highest BCUT2D eigenvalue weighted by Gasteiger charge is 2.18. The van der Waals surface area contributed by atoms with Crippen LogP contribution in [-0.2, 0) is 26.4 Å². The summed E-state index contributed by atoms with van der Waals surface area (Å²) >= 11 is 0. The smallest absolute Gasteiger partial charge is 0.125 e. The first-order valence-electron chi connectivity index (χ1n) is 7.14. The summed E-state index contributed by atoms with van der Waals surface area (Å²) < 4.78 is 1.86. The van der Waals surface area contributed by atoms with Crippen LogP contribution < -0.4 is 0 Å². The summed E-state index contributed by atoms with van der Waals surface area (Å²) in [6.45, 7) is 7.16. The molecule has 0 saturated heterocycles. The second-order valence-electron chi connectivity index (χ2n) is 5.58. The molecule has 0 unspecified atom stereocenters. The largest absolute Gasteiger partial charge is 0.298 e. The lowest BCUT2D eigenvalue weighted by Gasteiger charge is -2.18. The van der Waals surface area contributed by atoms with Crippen molar-refractivity contribution in [2.45, 2.75) is 33.2 Å². The van der Waals surface area contributed by atoms with Gasteiger partial charge in [-0.2, -0.15) is 5.10 Å². The lowest BCUT2D eigenvalue weighted by molar-refractivity contribution is 0.279. The summed E-state index contributed by atoms with van der Waals surface area (Å²) in [4.78, 5) is 11.6. The van der Waals surface area contributed by atoms with Crippen LogP contribution in [0.15, 0.2) is 12.4 Å². The van der Waals surface area contributed by atoms with Crippen molar-refractivity contribution in [2.24, 2.45) is 7.05 Å². The van der Waals surface area contributed by atoms with Crippen molar-refractivity contribution < 1.29 is 0 Å². The van der Waals surface area contributed by atoms with Gasteiger partial charge in [0.1, 0.15) is 5.82 Å². The Balaban J connectivity index is 1.74. The number of hydrogen-bond acceptors (Lipinski definition) is 4. The highest BCUT2D eigenvalue weighted by atomic mass is 15.2. The van der Waals surface area contributed by atoms with Gasteiger partial charge in [-0.1, -0.05) is 0 Å². The Morgan fingerprint density at radius 2 is 1.95 bits per heavy atom. The van der Waals surface area contributed by atoms with Crippen LogP contribution in [0.5, 0.6) is 0 Å². The first-order chi connectivity index (χ1) is 9.61. The molecule has 106 valence electrons. The summed E-state index contributed by atoms with van der Waals surface area (Å²) in [7, 11) is 1.96. The van der Waals surface area contributed by atoms with E-state index in [2.05, 4.69) is 33.1 Å². The number of aryl methyl sites for hydroxylation is 3. The molecule has 0 N–H and O–H groups in total. The number of fused-ring (bicyclic) bond motifs is 1. The fraction of sp³-hybridized carbons (Fsp3) is 0.533. The SMILES string of the molecule is Cc1nc(C)c2c(n1)CCN(Cc1cnn(C)c1)CC2. The van der Waals surface area contributed by atoms with Crippen molar-refractivity contribution in [1.82, 2.24) is 24.6 Å². The molecule has 0 aliphatic carbocycles. The van der Waals surface area contributed by atoms with E-state index in [-0.39, 0.29) is 0 Å². The van der Waals surface area contributed by atoms with Gasteiger partial charge in [-0.3, -0.25) is 9.58 Å². The molecule has 0 atom stereocenters. The molecule has 20 heavy (non-hydrogen) atoms. The van der Waals surface area contributed by atoms with Gasteiger partial charge in [0.05, 0.1) is 6.20 Å². The van der Waals surface area contributed by atoms with E-state index in [1.165, 1.54) is 16.8 Å². The first kappa shape index (κ1) is 13.2. The lowest BCUT2D eigenvalue weighted by atomic mass is 10.1. The highest BCUT2D eigenvalue weighted by Crippen LogP contribution is 2.18. The van der Waals surface area contributed by atoms with Gasteiger partial charge in [0, 0.05) is 56.3 Å². The maximum Gasteiger partial charge on any atom is 0.125 e. The quantitative estimate of drug-likeness (QED) is 0.829. The van der Waals surface area contributed by atoms with Gasteiger partial charge in [0.15, 0.2) is 0 Å². The molecule has 0 aromatic carbocycles. The van der Waals surface area contributed by atoms with Crippen molar-refractivity contribution >= 4 is 0 Å². The Labute approximate surface area is 119 Å². The Hall–Kier alpha value is -1.75. The molecule has 0 amide bonds. The zero-order chi connectivity index (χ0) is 14.1. The lowest BCUT2D eigenvalue weighted by Crippen LogP contribution is -2.25. The summed E-state index contributed by atoms with van der Waals surface area (Å²) in [5.41, 5.74) is 5.01. The minimum atomic E-state index is 0.891. The molecular formula is C15H21N5. The zero-order valence-corrected chi connectivity index (χ0v) is 12.4. The number of nitrogens with zero attached hydrogens (tertiary/aromatic N) is 5. The van der Waals surface area contributed by atoms with E-state index >= 15 is 0 Å². The van der Waals surface area contributed by atoms with Gasteiger partial charge in [-0.15, -0.1) is 0 Å². The second-order valence-corrected chi connectivity index (χ2v) is 5.58. The van der Waals surface area contributed by atoms with Crippen LogP contribution >= 0.6 is 0 Å². The second kappa shape index (κ2) is 5.32. The Morgan fingerprint density at radius 1 is 1.15 bits per heavy atom. The molecule has 3 heterocycles. The van der Waals surface area contributed by atoms with Crippen LogP contribution in [0.4, 0.5) is 0 Å². The number of rotatable bonds is 2. The van der Waals surface area contributed by atoms with Crippen molar-refractivity contribution in [3.8, 4) is 0 Å². The minimum Gasteiger partial charge on any atom is -0.298 e. The summed E-state index contributed by atoms with van der Waals surface area (Å²) in [5.74, 6) is 0.891. The standard InChI is InChI=1S/C15H21N5/c1-11-14-4-6-20(10-13-8-16-19(3)9-13)7-5-15(14)18-12(2)17-11/h8-9H,4-7,10H2,1-3H3. The van der Waals surface area contributed by atoms with E-state index in [0.29, 0.717) is 0 Å². The Kier molecular flexibility index (Phi) is 3.53. The van der Waals surface area contributed by atoms with E-state index in [1.54, 1.807) is 0 Å². The highest BCUT2D eigenvalue weighted by molar-refractivity contribution is 5.27. The fourth-order valence-electron chi connectivity index (χ4n) is 2.95. The summed E-state index contributed by atoms with van der Waals surface area (Å²) in [5, 5.41) is 4.24. The molecule has 1 aliphatic heterocycles. The Bertz CT molecular complexity index is 617. The molecule has 5 heteroatoms. The van der Waals surface area contributed by atoms with Crippen molar-refractivity contribution in [1.29, 1.82) is 0 Å². The molecule has 3 rings (SSSR count). The van der Waals surface area contributed by atoms with Crippen LogP contribution in [0.1, 0.15) is 28.3 Å². The molecule has 5 nitrogen and oxygen atoms in total. The average Bonchev–Trinajstić information content (AvgIpc) is 2.67. The molecule has 0 radical (unpaired) electrons. The van der Waals surface area contributed by atoms with Crippen LogP contribution in [0.2, 0.25) is 0 Å². The Morgan fingerprint density at radius 3 is 2.70 bits per heavy atom. The van der Waals surface area contributed by atoms with Crippen LogP contribution in [0.3, 0.4) is 0 Å². The average molecular weight is 271 g/mol. The van der Waals surface area contributed by atoms with Gasteiger partial charge < -0.3 is 0 Å². The topological polar surface area (TPSA) is 46.8 Å². The van der Waals surface area contributed by atoms with E-state index in [0.717, 1.165) is 44.0 Å². The van der Waals surface area contributed by atoms with Gasteiger partial charge in [-0.25, -0.2) is 9.97 Å². The van der Waals surface area contributed by atoms with Gasteiger partial charge in [-0.05, 0) is 25.8 Å². The van der Waals surface area contributed by atoms with Gasteiger partial charge in [0.2, 0.25) is 0 Å². The third-order valence-corrected chi connectivity index (χ3v) is 3.92. The molecule has 2 aromatic heterocycles. The molecular weight excluding hydrogens is 250 g/mol. The van der Waals surface area contributed by atoms with E-state index in [9.17, 15) is 0 Å². The number of hydrogen-bond donors (Lipinski definition) is 0. The predicted molar refractivity (Wildman–Crippen MR) is 77.4 cm³/mol.